The normalized spacial score (nSPS) is 35.9. The topological polar surface area (TPSA) is 308 Å². The molecule has 1 aromatic heterocycles. The zero-order chi connectivity index (χ0) is 28.3. The van der Waals surface area contributed by atoms with Gasteiger partial charge in [-0.2, -0.15) is 4.31 Å². The predicted molar refractivity (Wildman–Crippen MR) is 111 cm³/mol. The molecule has 214 valence electrons. The quantitative estimate of drug-likeness (QED) is 0.134. The number of aliphatic hydroxyl groups is 6. The van der Waals surface area contributed by atoms with E-state index >= 15 is 0 Å². The van der Waals surface area contributed by atoms with Crippen LogP contribution in [-0.4, -0.2) is 117 Å². The molecule has 0 amide bonds. The molecule has 2 aliphatic rings. The molecule has 0 aliphatic carbocycles. The van der Waals surface area contributed by atoms with Gasteiger partial charge in [0.1, 0.15) is 36.6 Å². The van der Waals surface area contributed by atoms with Crippen molar-refractivity contribution in [2.45, 2.75) is 55.3 Å². The summed E-state index contributed by atoms with van der Waals surface area (Å²) in [5, 5.41) is 55.1. The number of hydrogen-bond donors (Lipinski definition) is 10. The number of aromatic amines is 1. The highest BCUT2D eigenvalue weighted by Crippen LogP contribution is 2.57. The van der Waals surface area contributed by atoms with E-state index in [2.05, 4.69) is 13.6 Å². The van der Waals surface area contributed by atoms with Crippen LogP contribution in [0.1, 0.15) is 6.23 Å². The molecular formula is C15H25FN2O17P2. The Hall–Kier alpha value is -1.45. The highest BCUT2D eigenvalue weighted by molar-refractivity contribution is 7.60. The maximum atomic E-state index is 12.7. The van der Waals surface area contributed by atoms with Gasteiger partial charge >= 0.3 is 21.3 Å². The Balaban J connectivity index is 0.000000335. The van der Waals surface area contributed by atoms with E-state index in [9.17, 15) is 33.3 Å². The Labute approximate surface area is 204 Å². The van der Waals surface area contributed by atoms with E-state index in [4.69, 9.17) is 39.8 Å². The zero-order valence-corrected chi connectivity index (χ0v) is 20.1. The number of H-pyrrole nitrogens is 1. The minimum Gasteiger partial charge on any atom is -0.394 e. The Morgan fingerprint density at radius 1 is 0.973 bits per heavy atom. The SMILES string of the molecule is O=c1ccn([C@@H]2O[C@H](COP(=O)(O)OP(=O)(O)O)[C@@H](O)[C@H]2O)c(=O)[nH]1.OC[C@H]1O[C@H](O)[C@H](F)[C@@H](O)[C@H]1O. The number of nitrogens with one attached hydrogen (secondary N) is 1. The molecule has 0 saturated carbocycles. The largest absolute Gasteiger partial charge is 0.481 e. The van der Waals surface area contributed by atoms with Crippen LogP contribution in [0.3, 0.4) is 0 Å². The number of alkyl halides is 1. The summed E-state index contributed by atoms with van der Waals surface area (Å²) >= 11 is 0. The van der Waals surface area contributed by atoms with Gasteiger partial charge in [-0.05, 0) is 0 Å². The summed E-state index contributed by atoms with van der Waals surface area (Å²) in [5.74, 6) is 0. The van der Waals surface area contributed by atoms with Crippen LogP contribution >= 0.6 is 15.6 Å². The lowest BCUT2D eigenvalue weighted by molar-refractivity contribution is -0.271. The van der Waals surface area contributed by atoms with Gasteiger partial charge in [0, 0.05) is 12.3 Å². The van der Waals surface area contributed by atoms with E-state index in [0.29, 0.717) is 0 Å². The predicted octanol–water partition coefficient (Wildman–Crippen LogP) is -4.86. The summed E-state index contributed by atoms with van der Waals surface area (Å²) in [7, 11) is -10.5. The first kappa shape index (κ1) is 31.8. The number of aromatic nitrogens is 2. The molecule has 19 nitrogen and oxygen atoms in total. The van der Waals surface area contributed by atoms with Crippen LogP contribution in [0.2, 0.25) is 0 Å². The number of phosphoric ester groups is 1. The summed E-state index contributed by atoms with van der Waals surface area (Å²) in [6.45, 7) is -1.48. The molecule has 10 N–H and O–H groups in total. The second-order valence-corrected chi connectivity index (χ2v) is 10.4. The molecular weight excluding hydrogens is 561 g/mol. The van der Waals surface area contributed by atoms with Gasteiger partial charge in [-0.3, -0.25) is 18.9 Å². The summed E-state index contributed by atoms with van der Waals surface area (Å²) < 4.78 is 52.8. The Morgan fingerprint density at radius 2 is 1.57 bits per heavy atom. The van der Waals surface area contributed by atoms with Gasteiger partial charge in [0.25, 0.3) is 5.56 Å². The second kappa shape index (κ2) is 12.6. The van der Waals surface area contributed by atoms with Gasteiger partial charge in [-0.25, -0.2) is 18.3 Å². The van der Waals surface area contributed by atoms with E-state index in [0.717, 1.165) is 16.8 Å². The third kappa shape index (κ3) is 8.52. The van der Waals surface area contributed by atoms with Crippen LogP contribution in [-0.2, 0) is 27.4 Å². The minimum absolute atomic E-state index is 0.581. The van der Waals surface area contributed by atoms with Crippen molar-refractivity contribution in [3.05, 3.63) is 33.1 Å². The van der Waals surface area contributed by atoms with Crippen molar-refractivity contribution in [2.24, 2.45) is 0 Å². The van der Waals surface area contributed by atoms with Crippen molar-refractivity contribution in [1.29, 1.82) is 0 Å². The van der Waals surface area contributed by atoms with Crippen LogP contribution in [0.4, 0.5) is 4.39 Å². The van der Waals surface area contributed by atoms with Crippen molar-refractivity contribution in [2.75, 3.05) is 13.2 Å². The molecule has 37 heavy (non-hydrogen) atoms. The van der Waals surface area contributed by atoms with E-state index in [1.54, 1.807) is 0 Å². The van der Waals surface area contributed by atoms with Gasteiger partial charge in [0.05, 0.1) is 13.2 Å². The summed E-state index contributed by atoms with van der Waals surface area (Å²) in [6.07, 6.45) is -13.4. The maximum Gasteiger partial charge on any atom is 0.481 e. The fourth-order valence-electron chi connectivity index (χ4n) is 3.11. The van der Waals surface area contributed by atoms with Gasteiger partial charge in [0.15, 0.2) is 18.7 Å². The Kier molecular flexibility index (Phi) is 10.8. The van der Waals surface area contributed by atoms with Crippen LogP contribution < -0.4 is 11.2 Å². The number of ether oxygens (including phenoxy) is 2. The second-order valence-electron chi connectivity index (χ2n) is 7.57. The smallest absolute Gasteiger partial charge is 0.394 e. The molecule has 0 spiro atoms. The molecule has 2 aliphatic heterocycles. The highest BCUT2D eigenvalue weighted by atomic mass is 31.3. The van der Waals surface area contributed by atoms with E-state index in [-0.39, 0.29) is 0 Å². The molecule has 22 heteroatoms. The first-order valence-corrected chi connectivity index (χ1v) is 13.0. The molecule has 2 fully saturated rings. The molecule has 3 heterocycles. The monoisotopic (exact) mass is 586 g/mol. The van der Waals surface area contributed by atoms with Crippen molar-refractivity contribution in [3.8, 4) is 0 Å². The number of phosphoric acid groups is 2. The molecule has 3 rings (SSSR count). The Bertz CT molecular complexity index is 1110. The lowest BCUT2D eigenvalue weighted by Crippen LogP contribution is -2.56. The standard InChI is InChI=1S/C9H14N2O12P2.C6H11FO5/c12-5-1-2-11(9(15)10-5)8-7(14)6(13)4(22-8)3-21-25(19,20)23-24(16,17)18;7-3-5(10)4(9)2(1-8)12-6(3)11/h1-2,4,6-8,13-14H,3H2,(H,19,20)(H,10,12,15)(H2,16,17,18);2-6,8-11H,1H2/t4-,6-,7-,8-;2-,3-,4+,5-,6+/m11/s1. The van der Waals surface area contributed by atoms with Crippen molar-refractivity contribution in [3.63, 3.8) is 0 Å². The summed E-state index contributed by atoms with van der Waals surface area (Å²) in [6, 6.07) is 0.962. The van der Waals surface area contributed by atoms with Crippen LogP contribution in [0.5, 0.6) is 0 Å². The van der Waals surface area contributed by atoms with Crippen LogP contribution in [0, 0.1) is 0 Å². The molecule has 2 saturated heterocycles. The molecule has 1 unspecified atom stereocenters. The van der Waals surface area contributed by atoms with Crippen molar-refractivity contribution >= 4 is 15.6 Å². The maximum absolute atomic E-state index is 12.7. The van der Waals surface area contributed by atoms with Crippen LogP contribution in [0.25, 0.3) is 0 Å². The molecule has 0 radical (unpaired) electrons. The molecule has 1 aromatic rings. The molecule has 0 bridgehead atoms. The van der Waals surface area contributed by atoms with Gasteiger partial charge in [-0.1, -0.05) is 0 Å². The minimum atomic E-state index is -5.32. The van der Waals surface area contributed by atoms with Crippen LogP contribution in [0.15, 0.2) is 21.9 Å². The molecule has 10 atom stereocenters. The first-order chi connectivity index (χ1) is 17.0. The third-order valence-corrected chi connectivity index (χ3v) is 7.05. The average Bonchev–Trinajstić information content (AvgIpc) is 3.06. The van der Waals surface area contributed by atoms with Gasteiger partial charge < -0.3 is 54.8 Å². The number of halogens is 1. The summed E-state index contributed by atoms with van der Waals surface area (Å²) in [4.78, 5) is 50.7. The number of rotatable bonds is 7. The number of hydrogen-bond acceptors (Lipinski definition) is 14. The number of aliphatic hydroxyl groups excluding tert-OH is 6. The van der Waals surface area contributed by atoms with Crippen molar-refractivity contribution in [1.82, 2.24) is 9.55 Å². The lowest BCUT2D eigenvalue weighted by atomic mass is 10.0. The highest BCUT2D eigenvalue weighted by Gasteiger charge is 2.46. The van der Waals surface area contributed by atoms with Gasteiger partial charge in [-0.15, -0.1) is 0 Å². The van der Waals surface area contributed by atoms with Gasteiger partial charge in [0.2, 0.25) is 0 Å². The average molecular weight is 586 g/mol. The third-order valence-electron chi connectivity index (χ3n) is 4.90. The number of nitrogens with zero attached hydrogens (tertiary/aromatic N) is 1. The van der Waals surface area contributed by atoms with Crippen molar-refractivity contribution < 1.29 is 77.1 Å². The van der Waals surface area contributed by atoms with E-state index in [1.165, 1.54) is 0 Å². The molecule has 0 aromatic carbocycles. The van der Waals surface area contributed by atoms with E-state index < -0.39 is 95.4 Å². The lowest BCUT2D eigenvalue weighted by Gasteiger charge is -2.36. The summed E-state index contributed by atoms with van der Waals surface area (Å²) in [5.41, 5.74) is -1.65. The Morgan fingerprint density at radius 3 is 2.11 bits per heavy atom. The zero-order valence-electron chi connectivity index (χ0n) is 18.3. The first-order valence-electron chi connectivity index (χ1n) is 9.99. The fraction of sp³-hybridized carbons (Fsp3) is 0.733. The van der Waals surface area contributed by atoms with E-state index in [1.807, 2.05) is 4.98 Å². The fourth-order valence-corrected chi connectivity index (χ4v) is 4.71.